The molecular weight excluding hydrogens is 432 g/mol. The van der Waals surface area contributed by atoms with E-state index in [1.165, 1.54) is 0 Å². The van der Waals surface area contributed by atoms with Gasteiger partial charge in [0.05, 0.1) is 13.2 Å². The first-order valence-corrected chi connectivity index (χ1v) is 12.5. The van der Waals surface area contributed by atoms with Crippen LogP contribution in [-0.2, 0) is 14.3 Å². The van der Waals surface area contributed by atoms with Gasteiger partial charge in [-0.2, -0.15) is 4.98 Å². The van der Waals surface area contributed by atoms with Crippen LogP contribution in [0.1, 0.15) is 43.1 Å². The molecule has 5 rings (SSSR count). The molecule has 2 aromatic rings. The Hall–Kier alpha value is -2.55. The number of rotatable bonds is 5. The molecule has 8 heteroatoms. The Labute approximate surface area is 201 Å². The monoisotopic (exact) mass is 466 g/mol. The van der Waals surface area contributed by atoms with E-state index in [2.05, 4.69) is 4.90 Å². The fraction of sp³-hybridized carbons (Fsp3) is 0.577. The predicted molar refractivity (Wildman–Crippen MR) is 127 cm³/mol. The molecule has 1 aromatic carbocycles. The van der Waals surface area contributed by atoms with E-state index in [1.807, 2.05) is 48.2 Å². The Morgan fingerprint density at radius 2 is 1.74 bits per heavy atom. The Morgan fingerprint density at radius 1 is 0.971 bits per heavy atom. The standard InChI is InChI=1S/C26H34N4O4/c1-19-17-24(34-22-5-3-2-4-6-22)28-25(27-19)20-7-11-29(12-8-20)26(31)23-18-33-16-13-30(23)21-9-14-32-15-10-21/h2-6,17,20-21,23H,7-16,18H2,1H3. The lowest BCUT2D eigenvalue weighted by atomic mass is 9.95. The number of likely N-dealkylation sites (tertiary alicyclic amines) is 1. The summed E-state index contributed by atoms with van der Waals surface area (Å²) < 4.78 is 17.2. The van der Waals surface area contributed by atoms with Crippen molar-refractivity contribution in [2.45, 2.75) is 50.6 Å². The second-order valence-electron chi connectivity index (χ2n) is 9.39. The third kappa shape index (κ3) is 5.40. The number of hydrogen-bond donors (Lipinski definition) is 0. The fourth-order valence-corrected chi connectivity index (χ4v) is 5.26. The van der Waals surface area contributed by atoms with Gasteiger partial charge in [0.2, 0.25) is 11.8 Å². The van der Waals surface area contributed by atoms with E-state index in [4.69, 9.17) is 24.2 Å². The van der Waals surface area contributed by atoms with Gasteiger partial charge >= 0.3 is 0 Å². The summed E-state index contributed by atoms with van der Waals surface area (Å²) in [5.41, 5.74) is 0.890. The number of ether oxygens (including phenoxy) is 3. The van der Waals surface area contributed by atoms with Crippen molar-refractivity contribution in [3.05, 3.63) is 47.9 Å². The first kappa shape index (κ1) is 23.2. The summed E-state index contributed by atoms with van der Waals surface area (Å²) in [5, 5.41) is 0. The van der Waals surface area contributed by atoms with Gasteiger partial charge in [0.1, 0.15) is 17.6 Å². The van der Waals surface area contributed by atoms with E-state index >= 15 is 0 Å². The highest BCUT2D eigenvalue weighted by molar-refractivity contribution is 5.82. The van der Waals surface area contributed by atoms with E-state index in [9.17, 15) is 4.79 Å². The number of para-hydroxylation sites is 1. The molecule has 3 saturated heterocycles. The molecule has 1 amide bonds. The largest absolute Gasteiger partial charge is 0.439 e. The molecule has 0 spiro atoms. The zero-order chi connectivity index (χ0) is 23.3. The summed E-state index contributed by atoms with van der Waals surface area (Å²) in [7, 11) is 0. The minimum absolute atomic E-state index is 0.186. The van der Waals surface area contributed by atoms with Crippen molar-refractivity contribution in [3.63, 3.8) is 0 Å². The minimum atomic E-state index is -0.186. The Kier molecular flexibility index (Phi) is 7.37. The molecule has 0 bridgehead atoms. The van der Waals surface area contributed by atoms with E-state index < -0.39 is 0 Å². The number of aromatic nitrogens is 2. The van der Waals surface area contributed by atoms with Crippen molar-refractivity contribution < 1.29 is 19.0 Å². The normalized spacial score (nSPS) is 23.1. The van der Waals surface area contributed by atoms with E-state index in [-0.39, 0.29) is 17.9 Å². The van der Waals surface area contributed by atoms with Crippen LogP contribution in [0.3, 0.4) is 0 Å². The van der Waals surface area contributed by atoms with Gasteiger partial charge in [-0.1, -0.05) is 18.2 Å². The van der Waals surface area contributed by atoms with Gasteiger partial charge in [-0.05, 0) is 44.7 Å². The Morgan fingerprint density at radius 3 is 2.50 bits per heavy atom. The first-order valence-electron chi connectivity index (χ1n) is 12.5. The first-order chi connectivity index (χ1) is 16.7. The van der Waals surface area contributed by atoms with Crippen LogP contribution in [0.25, 0.3) is 0 Å². The van der Waals surface area contributed by atoms with E-state index in [0.717, 1.165) is 62.7 Å². The van der Waals surface area contributed by atoms with Gasteiger partial charge in [0.25, 0.3) is 0 Å². The van der Waals surface area contributed by atoms with Crippen molar-refractivity contribution in [2.24, 2.45) is 0 Å². The number of morpholine rings is 1. The smallest absolute Gasteiger partial charge is 0.242 e. The average molecular weight is 467 g/mol. The number of carbonyl (C=O) groups excluding carboxylic acids is 1. The maximum absolute atomic E-state index is 13.5. The zero-order valence-electron chi connectivity index (χ0n) is 19.9. The van der Waals surface area contributed by atoms with Crippen molar-refractivity contribution in [1.29, 1.82) is 0 Å². The van der Waals surface area contributed by atoms with Crippen LogP contribution in [0.4, 0.5) is 0 Å². The molecule has 1 atom stereocenters. The molecule has 8 nitrogen and oxygen atoms in total. The number of aryl methyl sites for hydroxylation is 1. The number of piperidine rings is 1. The van der Waals surface area contributed by atoms with Crippen molar-refractivity contribution >= 4 is 5.91 Å². The van der Waals surface area contributed by atoms with Crippen LogP contribution >= 0.6 is 0 Å². The summed E-state index contributed by atoms with van der Waals surface area (Å²) in [5.74, 6) is 2.55. The van der Waals surface area contributed by atoms with E-state index in [1.54, 1.807) is 0 Å². The second kappa shape index (κ2) is 10.8. The van der Waals surface area contributed by atoms with Gasteiger partial charge in [0, 0.05) is 56.6 Å². The summed E-state index contributed by atoms with van der Waals surface area (Å²) in [6.45, 7) is 6.95. The van der Waals surface area contributed by atoms with Crippen molar-refractivity contribution in [1.82, 2.24) is 19.8 Å². The Bertz CT molecular complexity index is 959. The van der Waals surface area contributed by atoms with Gasteiger partial charge in [0.15, 0.2) is 0 Å². The SMILES string of the molecule is Cc1cc(Oc2ccccc2)nc(C2CCN(C(=O)C3COCCN3C3CCOCC3)CC2)n1. The third-order valence-corrected chi connectivity index (χ3v) is 7.10. The number of hydrogen-bond acceptors (Lipinski definition) is 7. The summed E-state index contributed by atoms with van der Waals surface area (Å²) in [6.07, 6.45) is 3.68. The third-order valence-electron chi connectivity index (χ3n) is 7.10. The quantitative estimate of drug-likeness (QED) is 0.670. The molecule has 0 radical (unpaired) electrons. The van der Waals surface area contributed by atoms with E-state index in [0.29, 0.717) is 38.2 Å². The lowest BCUT2D eigenvalue weighted by molar-refractivity contribution is -0.148. The van der Waals surface area contributed by atoms with Crippen LogP contribution in [0.2, 0.25) is 0 Å². The highest BCUT2D eigenvalue weighted by Crippen LogP contribution is 2.30. The van der Waals surface area contributed by atoms with Crippen LogP contribution in [0.15, 0.2) is 36.4 Å². The van der Waals surface area contributed by atoms with Gasteiger partial charge < -0.3 is 19.1 Å². The number of nitrogens with zero attached hydrogens (tertiary/aromatic N) is 4. The maximum Gasteiger partial charge on any atom is 0.242 e. The summed E-state index contributed by atoms with van der Waals surface area (Å²) >= 11 is 0. The molecule has 3 aliphatic rings. The van der Waals surface area contributed by atoms with Crippen molar-refractivity contribution in [2.75, 3.05) is 46.1 Å². The van der Waals surface area contributed by atoms with Crippen LogP contribution in [0, 0.1) is 6.92 Å². The van der Waals surface area contributed by atoms with Gasteiger partial charge in [-0.25, -0.2) is 4.98 Å². The minimum Gasteiger partial charge on any atom is -0.439 e. The second-order valence-corrected chi connectivity index (χ2v) is 9.39. The molecule has 0 saturated carbocycles. The molecule has 0 aliphatic carbocycles. The number of benzene rings is 1. The summed E-state index contributed by atoms with van der Waals surface area (Å²) in [4.78, 5) is 27.3. The fourth-order valence-electron chi connectivity index (χ4n) is 5.26. The summed E-state index contributed by atoms with van der Waals surface area (Å²) in [6, 6.07) is 11.8. The zero-order valence-corrected chi connectivity index (χ0v) is 19.9. The molecule has 182 valence electrons. The predicted octanol–water partition coefficient (Wildman–Crippen LogP) is 3.16. The van der Waals surface area contributed by atoms with Crippen LogP contribution < -0.4 is 4.74 Å². The maximum atomic E-state index is 13.5. The van der Waals surface area contributed by atoms with Gasteiger partial charge in [-0.3, -0.25) is 9.69 Å². The molecule has 0 N–H and O–H groups in total. The topological polar surface area (TPSA) is 77.0 Å². The average Bonchev–Trinajstić information content (AvgIpc) is 2.89. The molecule has 4 heterocycles. The lowest BCUT2D eigenvalue weighted by Crippen LogP contribution is -2.59. The highest BCUT2D eigenvalue weighted by atomic mass is 16.5. The Balaban J connectivity index is 1.21. The van der Waals surface area contributed by atoms with Crippen LogP contribution in [0.5, 0.6) is 11.6 Å². The van der Waals surface area contributed by atoms with Gasteiger partial charge in [-0.15, -0.1) is 0 Å². The molecule has 34 heavy (non-hydrogen) atoms. The lowest BCUT2D eigenvalue weighted by Gasteiger charge is -2.44. The molecule has 1 aromatic heterocycles. The van der Waals surface area contributed by atoms with Crippen molar-refractivity contribution in [3.8, 4) is 11.6 Å². The van der Waals surface area contributed by atoms with Crippen LogP contribution in [-0.4, -0.2) is 83.8 Å². The molecule has 3 fully saturated rings. The molecule has 3 aliphatic heterocycles. The highest BCUT2D eigenvalue weighted by Gasteiger charge is 2.38. The molecule has 1 unspecified atom stereocenters. The molecular formula is C26H34N4O4. The number of carbonyl (C=O) groups is 1. The number of amides is 1.